The van der Waals surface area contributed by atoms with Crippen molar-refractivity contribution in [3.8, 4) is 5.75 Å². The third-order valence-electron chi connectivity index (χ3n) is 3.03. The minimum atomic E-state index is -1.22. The summed E-state index contributed by atoms with van der Waals surface area (Å²) in [4.78, 5) is 0. The third-order valence-corrected chi connectivity index (χ3v) is 3.03. The molecule has 0 heterocycles. The predicted octanol–water partition coefficient (Wildman–Crippen LogP) is 3.36. The van der Waals surface area contributed by atoms with Crippen LogP contribution in [0.15, 0.2) is 36.4 Å². The predicted molar refractivity (Wildman–Crippen MR) is 69.9 cm³/mol. The van der Waals surface area contributed by atoms with Crippen molar-refractivity contribution < 1.29 is 17.9 Å². The monoisotopic (exact) mass is 281 g/mol. The first-order chi connectivity index (χ1) is 9.51. The molecular formula is C15H14F3NO. The summed E-state index contributed by atoms with van der Waals surface area (Å²) in [7, 11) is 1.54. The van der Waals surface area contributed by atoms with E-state index < -0.39 is 23.5 Å². The smallest absolute Gasteiger partial charge is 0.161 e. The molecule has 0 aliphatic carbocycles. The van der Waals surface area contributed by atoms with E-state index in [4.69, 9.17) is 10.5 Å². The highest BCUT2D eigenvalue weighted by molar-refractivity contribution is 5.31. The average Bonchev–Trinajstić information content (AvgIpc) is 2.43. The molecule has 0 bridgehead atoms. The maximum Gasteiger partial charge on any atom is 0.161 e. The molecule has 2 aromatic carbocycles. The highest BCUT2D eigenvalue weighted by atomic mass is 19.2. The molecule has 1 unspecified atom stereocenters. The number of hydrogen-bond donors (Lipinski definition) is 1. The van der Waals surface area contributed by atoms with Crippen LogP contribution in [0.1, 0.15) is 17.2 Å². The number of halogens is 3. The van der Waals surface area contributed by atoms with Crippen molar-refractivity contribution in [1.29, 1.82) is 0 Å². The first-order valence-corrected chi connectivity index (χ1v) is 6.04. The molecule has 5 heteroatoms. The summed E-state index contributed by atoms with van der Waals surface area (Å²) < 4.78 is 44.7. The Bertz CT molecular complexity index is 616. The van der Waals surface area contributed by atoms with Crippen LogP contribution in [0.3, 0.4) is 0 Å². The Labute approximate surface area is 115 Å². The summed E-state index contributed by atoms with van der Waals surface area (Å²) in [5.41, 5.74) is 6.64. The second-order valence-corrected chi connectivity index (χ2v) is 4.45. The molecule has 0 aliphatic heterocycles. The van der Waals surface area contributed by atoms with Crippen LogP contribution in [0.4, 0.5) is 13.2 Å². The van der Waals surface area contributed by atoms with Gasteiger partial charge >= 0.3 is 0 Å². The van der Waals surface area contributed by atoms with Crippen LogP contribution in [-0.2, 0) is 6.42 Å². The molecule has 1 atom stereocenters. The van der Waals surface area contributed by atoms with Crippen LogP contribution in [0.5, 0.6) is 5.75 Å². The molecular weight excluding hydrogens is 267 g/mol. The van der Waals surface area contributed by atoms with Gasteiger partial charge in [-0.25, -0.2) is 13.2 Å². The van der Waals surface area contributed by atoms with Crippen LogP contribution >= 0.6 is 0 Å². The first kappa shape index (κ1) is 14.4. The molecule has 20 heavy (non-hydrogen) atoms. The molecule has 0 aliphatic rings. The van der Waals surface area contributed by atoms with E-state index in [0.29, 0.717) is 18.2 Å². The standard InChI is InChI=1S/C15H14F3NO/c1-20-10-4-2-3-9(5-10)6-15(19)11-7-13(17)14(18)8-12(11)16/h2-5,7-8,15H,6,19H2,1H3. The summed E-state index contributed by atoms with van der Waals surface area (Å²) >= 11 is 0. The van der Waals surface area contributed by atoms with Gasteiger partial charge < -0.3 is 10.5 Å². The van der Waals surface area contributed by atoms with E-state index in [2.05, 4.69) is 0 Å². The van der Waals surface area contributed by atoms with Gasteiger partial charge in [-0.05, 0) is 30.2 Å². The Morgan fingerprint density at radius 1 is 1.05 bits per heavy atom. The SMILES string of the molecule is COc1cccc(CC(N)c2cc(F)c(F)cc2F)c1. The minimum absolute atomic E-state index is 0.0493. The summed E-state index contributed by atoms with van der Waals surface area (Å²) in [6.07, 6.45) is 0.291. The molecule has 106 valence electrons. The van der Waals surface area contributed by atoms with E-state index in [1.54, 1.807) is 24.3 Å². The zero-order valence-electron chi connectivity index (χ0n) is 10.9. The van der Waals surface area contributed by atoms with Gasteiger partial charge in [0.15, 0.2) is 11.6 Å². The van der Waals surface area contributed by atoms with Crippen LogP contribution in [0.25, 0.3) is 0 Å². The Hall–Kier alpha value is -2.01. The van der Waals surface area contributed by atoms with Crippen molar-refractivity contribution in [2.45, 2.75) is 12.5 Å². The third kappa shape index (κ3) is 3.11. The number of rotatable bonds is 4. The van der Waals surface area contributed by atoms with E-state index >= 15 is 0 Å². The number of nitrogens with two attached hydrogens (primary N) is 1. The molecule has 2 aromatic rings. The minimum Gasteiger partial charge on any atom is -0.497 e. The van der Waals surface area contributed by atoms with Gasteiger partial charge in [0.1, 0.15) is 11.6 Å². The van der Waals surface area contributed by atoms with Gasteiger partial charge in [-0.2, -0.15) is 0 Å². The van der Waals surface area contributed by atoms with Crippen molar-refractivity contribution in [2.75, 3.05) is 7.11 Å². The number of hydrogen-bond acceptors (Lipinski definition) is 2. The zero-order valence-corrected chi connectivity index (χ0v) is 10.9. The number of ether oxygens (including phenoxy) is 1. The van der Waals surface area contributed by atoms with E-state index in [9.17, 15) is 13.2 Å². The lowest BCUT2D eigenvalue weighted by Gasteiger charge is -2.14. The largest absolute Gasteiger partial charge is 0.497 e. The lowest BCUT2D eigenvalue weighted by molar-refractivity contribution is 0.414. The summed E-state index contributed by atoms with van der Waals surface area (Å²) in [6, 6.07) is 7.66. The van der Waals surface area contributed by atoms with Gasteiger partial charge in [-0.15, -0.1) is 0 Å². The molecule has 0 aromatic heterocycles. The van der Waals surface area contributed by atoms with E-state index in [-0.39, 0.29) is 5.56 Å². The zero-order chi connectivity index (χ0) is 14.7. The van der Waals surface area contributed by atoms with Crippen molar-refractivity contribution in [3.05, 3.63) is 65.0 Å². The lowest BCUT2D eigenvalue weighted by Crippen LogP contribution is -2.16. The van der Waals surface area contributed by atoms with E-state index in [0.717, 1.165) is 11.6 Å². The van der Waals surface area contributed by atoms with Crippen molar-refractivity contribution >= 4 is 0 Å². The highest BCUT2D eigenvalue weighted by Gasteiger charge is 2.16. The topological polar surface area (TPSA) is 35.2 Å². The first-order valence-electron chi connectivity index (χ1n) is 6.04. The molecule has 0 radical (unpaired) electrons. The second kappa shape index (κ2) is 5.96. The Morgan fingerprint density at radius 2 is 1.75 bits per heavy atom. The summed E-state index contributed by atoms with van der Waals surface area (Å²) in [6.45, 7) is 0. The van der Waals surface area contributed by atoms with Gasteiger partial charge in [-0.3, -0.25) is 0 Å². The van der Waals surface area contributed by atoms with Gasteiger partial charge in [0, 0.05) is 17.7 Å². The van der Waals surface area contributed by atoms with Crippen LogP contribution in [-0.4, -0.2) is 7.11 Å². The van der Waals surface area contributed by atoms with Crippen molar-refractivity contribution in [1.82, 2.24) is 0 Å². The van der Waals surface area contributed by atoms with Gasteiger partial charge in [0.2, 0.25) is 0 Å². The number of benzene rings is 2. The van der Waals surface area contributed by atoms with Gasteiger partial charge in [0.25, 0.3) is 0 Å². The molecule has 2 N–H and O–H groups in total. The molecule has 0 fully saturated rings. The fraction of sp³-hybridized carbons (Fsp3) is 0.200. The van der Waals surface area contributed by atoms with Crippen molar-refractivity contribution in [2.24, 2.45) is 5.73 Å². The molecule has 0 spiro atoms. The Kier molecular flexibility index (Phi) is 4.29. The molecule has 0 saturated carbocycles. The maximum atomic E-state index is 13.6. The molecule has 0 amide bonds. The lowest BCUT2D eigenvalue weighted by atomic mass is 9.99. The molecule has 2 rings (SSSR count). The van der Waals surface area contributed by atoms with Crippen LogP contribution < -0.4 is 10.5 Å². The molecule has 2 nitrogen and oxygen atoms in total. The van der Waals surface area contributed by atoms with E-state index in [1.165, 1.54) is 7.11 Å². The fourth-order valence-corrected chi connectivity index (χ4v) is 1.99. The normalized spacial score (nSPS) is 12.2. The van der Waals surface area contributed by atoms with Crippen LogP contribution in [0.2, 0.25) is 0 Å². The maximum absolute atomic E-state index is 13.6. The average molecular weight is 281 g/mol. The van der Waals surface area contributed by atoms with Gasteiger partial charge in [-0.1, -0.05) is 12.1 Å². The fourth-order valence-electron chi connectivity index (χ4n) is 1.99. The quantitative estimate of drug-likeness (QED) is 0.872. The highest BCUT2D eigenvalue weighted by Crippen LogP contribution is 2.23. The summed E-state index contributed by atoms with van der Waals surface area (Å²) in [5.74, 6) is -2.53. The van der Waals surface area contributed by atoms with E-state index in [1.807, 2.05) is 0 Å². The van der Waals surface area contributed by atoms with Crippen LogP contribution in [0, 0.1) is 17.5 Å². The second-order valence-electron chi connectivity index (χ2n) is 4.45. The number of methoxy groups -OCH3 is 1. The Balaban J connectivity index is 2.23. The van der Waals surface area contributed by atoms with Crippen molar-refractivity contribution in [3.63, 3.8) is 0 Å². The summed E-state index contributed by atoms with van der Waals surface area (Å²) in [5, 5.41) is 0. The molecule has 0 saturated heterocycles. The Morgan fingerprint density at radius 3 is 2.45 bits per heavy atom. The van der Waals surface area contributed by atoms with Gasteiger partial charge in [0.05, 0.1) is 7.11 Å².